The fraction of sp³-hybridized carbons (Fsp3) is 0.769. The number of ether oxygens (including phenoxy) is 1. The van der Waals surface area contributed by atoms with Crippen molar-refractivity contribution >= 4 is 5.97 Å². The van der Waals surface area contributed by atoms with Crippen LogP contribution >= 0.6 is 0 Å². The minimum atomic E-state index is -0.197. The molecule has 0 aromatic rings. The van der Waals surface area contributed by atoms with Gasteiger partial charge in [0.15, 0.2) is 0 Å². The highest BCUT2D eigenvalue weighted by Crippen LogP contribution is 2.45. The highest BCUT2D eigenvalue weighted by atomic mass is 16.6. The molecule has 0 heterocycles. The Kier molecular flexibility index (Phi) is 2.85. The number of carbonyl (C=O) groups excluding carboxylic acids is 1. The summed E-state index contributed by atoms with van der Waals surface area (Å²) in [6, 6.07) is 0. The molecule has 0 amide bonds. The Labute approximate surface area is 91.7 Å². The van der Waals surface area contributed by atoms with Crippen LogP contribution in [0.4, 0.5) is 0 Å². The van der Waals surface area contributed by atoms with E-state index in [1.54, 1.807) is 6.92 Å². The monoisotopic (exact) mass is 208 g/mol. The first-order chi connectivity index (χ1) is 7.11. The normalized spacial score (nSPS) is 34.6. The lowest BCUT2D eigenvalue weighted by Crippen LogP contribution is -2.43. The van der Waals surface area contributed by atoms with Crippen LogP contribution in [0.15, 0.2) is 12.2 Å². The predicted molar refractivity (Wildman–Crippen MR) is 59.4 cm³/mol. The van der Waals surface area contributed by atoms with E-state index >= 15 is 0 Å². The summed E-state index contributed by atoms with van der Waals surface area (Å²) in [7, 11) is 0. The van der Waals surface area contributed by atoms with Crippen molar-refractivity contribution in [3.05, 3.63) is 12.2 Å². The molecule has 84 valence electrons. The van der Waals surface area contributed by atoms with Crippen LogP contribution in [0.2, 0.25) is 0 Å². The van der Waals surface area contributed by atoms with Crippen molar-refractivity contribution in [3.8, 4) is 0 Å². The van der Waals surface area contributed by atoms with Gasteiger partial charge in [0.1, 0.15) is 5.60 Å². The molecule has 2 bridgehead atoms. The van der Waals surface area contributed by atoms with Gasteiger partial charge in [0.25, 0.3) is 0 Å². The smallest absolute Gasteiger partial charge is 0.333 e. The molecular weight excluding hydrogens is 188 g/mol. The maximum atomic E-state index is 11.6. The Morgan fingerprint density at radius 3 is 2.47 bits per heavy atom. The Bertz CT molecular complexity index is 270. The van der Waals surface area contributed by atoms with Gasteiger partial charge in [-0.2, -0.15) is 0 Å². The second-order valence-corrected chi connectivity index (χ2v) is 5.21. The molecule has 2 aliphatic carbocycles. The van der Waals surface area contributed by atoms with Crippen LogP contribution in [0, 0.1) is 5.92 Å². The van der Waals surface area contributed by atoms with Crippen molar-refractivity contribution in [3.63, 3.8) is 0 Å². The highest BCUT2D eigenvalue weighted by molar-refractivity contribution is 5.87. The zero-order valence-electron chi connectivity index (χ0n) is 9.55. The van der Waals surface area contributed by atoms with Crippen molar-refractivity contribution in [2.24, 2.45) is 5.92 Å². The van der Waals surface area contributed by atoms with Crippen molar-refractivity contribution in [2.75, 3.05) is 0 Å². The summed E-state index contributed by atoms with van der Waals surface area (Å²) in [5.41, 5.74) is 0.397. The Morgan fingerprint density at radius 1 is 1.33 bits per heavy atom. The van der Waals surface area contributed by atoms with Crippen LogP contribution in [-0.4, -0.2) is 11.6 Å². The summed E-state index contributed by atoms with van der Waals surface area (Å²) in [5, 5.41) is 0. The second kappa shape index (κ2) is 3.99. The summed E-state index contributed by atoms with van der Waals surface area (Å²) in [5.74, 6) is 0.600. The van der Waals surface area contributed by atoms with E-state index in [1.165, 1.54) is 25.7 Å². The lowest BCUT2D eigenvalue weighted by Gasteiger charge is -2.44. The second-order valence-electron chi connectivity index (χ2n) is 5.21. The first-order valence-electron chi connectivity index (χ1n) is 6.00. The van der Waals surface area contributed by atoms with E-state index in [0.717, 1.165) is 25.2 Å². The number of fused-ring (bicyclic) bond motifs is 2. The predicted octanol–water partition coefficient (Wildman–Crippen LogP) is 3.22. The first-order valence-corrected chi connectivity index (χ1v) is 6.00. The molecule has 0 N–H and O–H groups in total. The van der Waals surface area contributed by atoms with Gasteiger partial charge in [0, 0.05) is 5.57 Å². The summed E-state index contributed by atoms with van der Waals surface area (Å²) in [6.45, 7) is 5.37. The van der Waals surface area contributed by atoms with Gasteiger partial charge in [-0.25, -0.2) is 4.79 Å². The van der Waals surface area contributed by atoms with Gasteiger partial charge in [-0.3, -0.25) is 0 Å². The maximum absolute atomic E-state index is 11.6. The van der Waals surface area contributed by atoms with Crippen LogP contribution in [0.3, 0.4) is 0 Å². The van der Waals surface area contributed by atoms with Crippen LogP contribution in [0.1, 0.15) is 51.9 Å². The van der Waals surface area contributed by atoms with Crippen molar-refractivity contribution in [2.45, 2.75) is 57.5 Å². The Hall–Kier alpha value is -0.790. The van der Waals surface area contributed by atoms with Gasteiger partial charge in [-0.15, -0.1) is 0 Å². The third-order valence-corrected chi connectivity index (χ3v) is 3.81. The SMILES string of the molecule is C=C(C)C(=O)OC12CCCC(CCC1)C2. The molecule has 2 aliphatic rings. The van der Waals surface area contributed by atoms with Gasteiger partial charge < -0.3 is 4.74 Å². The third-order valence-electron chi connectivity index (χ3n) is 3.81. The standard InChI is InChI=1S/C13H20O2/c1-10(2)12(14)15-13-7-3-5-11(9-13)6-4-8-13/h11H,1,3-9H2,2H3. The summed E-state index contributed by atoms with van der Waals surface area (Å²) in [6.07, 6.45) is 8.29. The molecule has 2 saturated carbocycles. The molecule has 2 rings (SSSR count). The lowest BCUT2D eigenvalue weighted by molar-refractivity contribution is -0.164. The molecule has 15 heavy (non-hydrogen) atoms. The summed E-state index contributed by atoms with van der Waals surface area (Å²) >= 11 is 0. The number of hydrogen-bond acceptors (Lipinski definition) is 2. The molecule has 0 unspecified atom stereocenters. The number of hydrogen-bond donors (Lipinski definition) is 0. The Morgan fingerprint density at radius 2 is 1.93 bits per heavy atom. The number of esters is 1. The van der Waals surface area contributed by atoms with E-state index in [4.69, 9.17) is 4.74 Å². The lowest BCUT2D eigenvalue weighted by atomic mass is 9.69. The molecule has 0 radical (unpaired) electrons. The van der Waals surface area contributed by atoms with Crippen LogP contribution in [0.5, 0.6) is 0 Å². The van der Waals surface area contributed by atoms with Gasteiger partial charge >= 0.3 is 5.97 Å². The average Bonchev–Trinajstić information content (AvgIpc) is 2.17. The van der Waals surface area contributed by atoms with E-state index in [1.807, 2.05) is 0 Å². The van der Waals surface area contributed by atoms with Crippen molar-refractivity contribution < 1.29 is 9.53 Å². The quantitative estimate of drug-likeness (QED) is 0.514. The fourth-order valence-corrected chi connectivity index (χ4v) is 3.06. The summed E-state index contributed by atoms with van der Waals surface area (Å²) < 4.78 is 5.67. The number of rotatable bonds is 2. The topological polar surface area (TPSA) is 26.3 Å². The van der Waals surface area contributed by atoms with Crippen molar-refractivity contribution in [1.82, 2.24) is 0 Å². The minimum absolute atomic E-state index is 0.128. The van der Waals surface area contributed by atoms with E-state index in [9.17, 15) is 4.79 Å². The van der Waals surface area contributed by atoms with E-state index < -0.39 is 0 Å². The molecule has 0 aromatic heterocycles. The first kappa shape index (κ1) is 10.7. The molecule has 0 spiro atoms. The van der Waals surface area contributed by atoms with Crippen LogP contribution in [0.25, 0.3) is 0 Å². The Balaban J connectivity index is 2.04. The molecule has 2 heteroatoms. The fourth-order valence-electron chi connectivity index (χ4n) is 3.06. The minimum Gasteiger partial charge on any atom is -0.456 e. The van der Waals surface area contributed by atoms with Crippen LogP contribution in [-0.2, 0) is 9.53 Å². The van der Waals surface area contributed by atoms with Crippen molar-refractivity contribution in [1.29, 1.82) is 0 Å². The molecule has 0 aliphatic heterocycles. The van der Waals surface area contributed by atoms with Crippen LogP contribution < -0.4 is 0 Å². The average molecular weight is 208 g/mol. The molecular formula is C13H20O2. The van der Waals surface area contributed by atoms with Gasteiger partial charge in [0.05, 0.1) is 0 Å². The molecule has 2 nitrogen and oxygen atoms in total. The molecule has 0 atom stereocenters. The zero-order chi connectivity index (χ0) is 10.9. The molecule has 0 aromatic carbocycles. The third kappa shape index (κ3) is 2.24. The van der Waals surface area contributed by atoms with E-state index in [2.05, 4.69) is 6.58 Å². The summed E-state index contributed by atoms with van der Waals surface area (Å²) in [4.78, 5) is 11.6. The zero-order valence-corrected chi connectivity index (χ0v) is 9.55. The number of carbonyl (C=O) groups is 1. The van der Waals surface area contributed by atoms with E-state index in [-0.39, 0.29) is 11.6 Å². The van der Waals surface area contributed by atoms with Gasteiger partial charge in [0.2, 0.25) is 0 Å². The maximum Gasteiger partial charge on any atom is 0.333 e. The van der Waals surface area contributed by atoms with Gasteiger partial charge in [-0.1, -0.05) is 19.4 Å². The largest absolute Gasteiger partial charge is 0.456 e. The highest BCUT2D eigenvalue weighted by Gasteiger charge is 2.42. The molecule has 0 saturated heterocycles. The molecule has 2 fully saturated rings. The van der Waals surface area contributed by atoms with E-state index in [0.29, 0.717) is 5.57 Å². The van der Waals surface area contributed by atoms with Gasteiger partial charge in [-0.05, 0) is 44.9 Å².